The molecule has 0 unspecified atom stereocenters. The van der Waals surface area contributed by atoms with E-state index in [0.717, 1.165) is 21.6 Å². The van der Waals surface area contributed by atoms with Crippen LogP contribution in [0.5, 0.6) is 0 Å². The third-order valence-electron chi connectivity index (χ3n) is 5.41. The van der Waals surface area contributed by atoms with Crippen molar-refractivity contribution in [2.75, 3.05) is 10.2 Å². The molecule has 4 nitrogen and oxygen atoms in total. The number of nitrogens with one attached hydrogen (secondary N) is 1. The molecular formula is C25H20ClFN2O2. The summed E-state index contributed by atoms with van der Waals surface area (Å²) in [6, 6.07) is 16.5. The number of imide groups is 1. The maximum Gasteiger partial charge on any atom is 0.282 e. The van der Waals surface area contributed by atoms with Gasteiger partial charge in [0.25, 0.3) is 11.8 Å². The molecule has 3 aromatic rings. The zero-order chi connectivity index (χ0) is 22.3. The first-order valence-corrected chi connectivity index (χ1v) is 10.1. The molecule has 0 aromatic heterocycles. The first-order valence-electron chi connectivity index (χ1n) is 9.76. The van der Waals surface area contributed by atoms with Gasteiger partial charge in [0.05, 0.1) is 11.3 Å². The van der Waals surface area contributed by atoms with Crippen LogP contribution in [-0.2, 0) is 9.59 Å². The van der Waals surface area contributed by atoms with Gasteiger partial charge in [-0.25, -0.2) is 9.29 Å². The molecule has 0 fully saturated rings. The zero-order valence-corrected chi connectivity index (χ0v) is 18.0. The number of para-hydroxylation sites is 1. The monoisotopic (exact) mass is 434 g/mol. The van der Waals surface area contributed by atoms with Crippen LogP contribution in [0.2, 0.25) is 5.02 Å². The standard InChI is InChI=1S/C25H20ClFN2O2/c1-14-8-10-17(12-16(14)3)22-23(28-18-11-9-15(2)19(26)13-18)25(31)29(24(22)30)21-7-5-4-6-20(21)27/h4-13,28H,1-3H3. The second-order valence-electron chi connectivity index (χ2n) is 7.54. The number of hydrogen-bond donors (Lipinski definition) is 1. The number of nitrogens with zero attached hydrogens (tertiary/aromatic N) is 1. The lowest BCUT2D eigenvalue weighted by Crippen LogP contribution is -2.33. The summed E-state index contributed by atoms with van der Waals surface area (Å²) in [5.74, 6) is -1.86. The summed E-state index contributed by atoms with van der Waals surface area (Å²) in [6.07, 6.45) is 0. The summed E-state index contributed by atoms with van der Waals surface area (Å²) in [7, 11) is 0. The fraction of sp³-hybridized carbons (Fsp3) is 0.120. The van der Waals surface area contributed by atoms with Crippen LogP contribution in [0, 0.1) is 26.6 Å². The Bertz CT molecular complexity index is 1270. The summed E-state index contributed by atoms with van der Waals surface area (Å²) in [5, 5.41) is 3.58. The van der Waals surface area contributed by atoms with Crippen LogP contribution in [0.3, 0.4) is 0 Å². The van der Waals surface area contributed by atoms with Crippen molar-refractivity contribution in [3.8, 4) is 0 Å². The molecule has 0 spiro atoms. The maximum absolute atomic E-state index is 14.5. The Hall–Kier alpha value is -3.44. The van der Waals surface area contributed by atoms with Gasteiger partial charge in [-0.15, -0.1) is 0 Å². The van der Waals surface area contributed by atoms with E-state index >= 15 is 0 Å². The van der Waals surface area contributed by atoms with E-state index in [4.69, 9.17) is 11.6 Å². The second kappa shape index (κ2) is 8.00. The van der Waals surface area contributed by atoms with Crippen molar-refractivity contribution < 1.29 is 14.0 Å². The van der Waals surface area contributed by atoms with Crippen LogP contribution < -0.4 is 10.2 Å². The molecule has 0 bridgehead atoms. The van der Waals surface area contributed by atoms with Gasteiger partial charge in [-0.2, -0.15) is 0 Å². The van der Waals surface area contributed by atoms with Crippen molar-refractivity contribution >= 4 is 40.4 Å². The number of hydrogen-bond acceptors (Lipinski definition) is 3. The molecule has 31 heavy (non-hydrogen) atoms. The summed E-state index contributed by atoms with van der Waals surface area (Å²) in [5.41, 5.74) is 4.25. The van der Waals surface area contributed by atoms with Gasteiger partial charge in [0, 0.05) is 10.7 Å². The van der Waals surface area contributed by atoms with Crippen LogP contribution >= 0.6 is 11.6 Å². The molecule has 4 rings (SSSR count). The Morgan fingerprint density at radius 3 is 2.23 bits per heavy atom. The van der Waals surface area contributed by atoms with Gasteiger partial charge in [-0.3, -0.25) is 9.59 Å². The Balaban J connectivity index is 1.87. The average Bonchev–Trinajstić information content (AvgIpc) is 2.97. The number of amides is 2. The summed E-state index contributed by atoms with van der Waals surface area (Å²) >= 11 is 6.23. The lowest BCUT2D eigenvalue weighted by molar-refractivity contribution is -0.120. The minimum atomic E-state index is -0.650. The van der Waals surface area contributed by atoms with Crippen LogP contribution in [-0.4, -0.2) is 11.8 Å². The van der Waals surface area contributed by atoms with Crippen LogP contribution in [0.15, 0.2) is 66.4 Å². The number of aryl methyl sites for hydroxylation is 3. The minimum absolute atomic E-state index is 0.0800. The highest BCUT2D eigenvalue weighted by Crippen LogP contribution is 2.35. The van der Waals surface area contributed by atoms with Crippen LogP contribution in [0.1, 0.15) is 22.3 Å². The topological polar surface area (TPSA) is 49.4 Å². The predicted molar refractivity (Wildman–Crippen MR) is 122 cm³/mol. The van der Waals surface area contributed by atoms with Gasteiger partial charge in [0.2, 0.25) is 0 Å². The van der Waals surface area contributed by atoms with Crippen molar-refractivity contribution in [2.24, 2.45) is 0 Å². The molecule has 1 aliphatic heterocycles. The van der Waals surface area contributed by atoms with Gasteiger partial charge < -0.3 is 5.32 Å². The lowest BCUT2D eigenvalue weighted by Gasteiger charge is -2.16. The van der Waals surface area contributed by atoms with E-state index in [2.05, 4.69) is 5.32 Å². The number of anilines is 2. The molecule has 156 valence electrons. The molecule has 0 saturated carbocycles. The highest BCUT2D eigenvalue weighted by Gasteiger charge is 2.41. The largest absolute Gasteiger partial charge is 0.350 e. The van der Waals surface area contributed by atoms with Gasteiger partial charge in [0.1, 0.15) is 11.5 Å². The number of benzene rings is 3. The molecule has 0 aliphatic carbocycles. The predicted octanol–water partition coefficient (Wildman–Crippen LogP) is 5.80. The van der Waals surface area contributed by atoms with E-state index in [1.165, 1.54) is 18.2 Å². The van der Waals surface area contributed by atoms with E-state index in [-0.39, 0.29) is 17.0 Å². The van der Waals surface area contributed by atoms with Crippen molar-refractivity contribution in [1.29, 1.82) is 0 Å². The van der Waals surface area contributed by atoms with E-state index in [9.17, 15) is 14.0 Å². The molecule has 0 saturated heterocycles. The third-order valence-corrected chi connectivity index (χ3v) is 5.82. The van der Waals surface area contributed by atoms with Crippen LogP contribution in [0.25, 0.3) is 5.57 Å². The first-order chi connectivity index (χ1) is 14.8. The van der Waals surface area contributed by atoms with Gasteiger partial charge in [-0.1, -0.05) is 48.0 Å². The molecule has 1 heterocycles. The Labute approximate surface area is 185 Å². The Morgan fingerprint density at radius 1 is 0.839 bits per heavy atom. The number of carbonyl (C=O) groups excluding carboxylic acids is 2. The number of carbonyl (C=O) groups is 2. The molecule has 0 atom stereocenters. The molecule has 6 heteroatoms. The molecule has 3 aromatic carbocycles. The van der Waals surface area contributed by atoms with Gasteiger partial charge in [0.15, 0.2) is 0 Å². The summed E-state index contributed by atoms with van der Waals surface area (Å²) < 4.78 is 14.5. The molecule has 0 radical (unpaired) electrons. The van der Waals surface area contributed by atoms with Gasteiger partial charge >= 0.3 is 0 Å². The molecule has 2 amide bonds. The van der Waals surface area contributed by atoms with E-state index in [1.54, 1.807) is 24.3 Å². The summed E-state index contributed by atoms with van der Waals surface area (Å²) in [4.78, 5) is 27.6. The van der Waals surface area contributed by atoms with Crippen LogP contribution in [0.4, 0.5) is 15.8 Å². The SMILES string of the molecule is Cc1ccc(C2=C(Nc3ccc(C)c(Cl)c3)C(=O)N(c3ccccc3F)C2=O)cc1C. The quantitative estimate of drug-likeness (QED) is 0.528. The minimum Gasteiger partial charge on any atom is -0.350 e. The normalized spacial score (nSPS) is 13.9. The zero-order valence-electron chi connectivity index (χ0n) is 17.3. The van der Waals surface area contributed by atoms with Crippen molar-refractivity contribution in [2.45, 2.75) is 20.8 Å². The van der Waals surface area contributed by atoms with E-state index in [0.29, 0.717) is 16.3 Å². The number of rotatable bonds is 4. The fourth-order valence-corrected chi connectivity index (χ4v) is 3.66. The molecule has 1 N–H and O–H groups in total. The van der Waals surface area contributed by atoms with E-state index < -0.39 is 17.6 Å². The highest BCUT2D eigenvalue weighted by atomic mass is 35.5. The fourth-order valence-electron chi connectivity index (χ4n) is 3.48. The van der Waals surface area contributed by atoms with Crippen molar-refractivity contribution in [3.05, 3.63) is 99.5 Å². The van der Waals surface area contributed by atoms with Crippen molar-refractivity contribution in [3.63, 3.8) is 0 Å². The lowest BCUT2D eigenvalue weighted by atomic mass is 9.99. The first kappa shape index (κ1) is 20.8. The average molecular weight is 435 g/mol. The van der Waals surface area contributed by atoms with Crippen molar-refractivity contribution in [1.82, 2.24) is 0 Å². The second-order valence-corrected chi connectivity index (χ2v) is 7.94. The molecule has 1 aliphatic rings. The van der Waals surface area contributed by atoms with Gasteiger partial charge in [-0.05, 0) is 67.3 Å². The Morgan fingerprint density at radius 2 is 1.55 bits per heavy atom. The maximum atomic E-state index is 14.5. The molecular weight excluding hydrogens is 415 g/mol. The summed E-state index contributed by atoms with van der Waals surface area (Å²) in [6.45, 7) is 5.77. The van der Waals surface area contributed by atoms with E-state index in [1.807, 2.05) is 39.0 Å². The Kier molecular flexibility index (Phi) is 5.38. The third kappa shape index (κ3) is 3.73. The smallest absolute Gasteiger partial charge is 0.282 e. The number of halogens is 2. The highest BCUT2D eigenvalue weighted by molar-refractivity contribution is 6.46.